The van der Waals surface area contributed by atoms with Crippen molar-refractivity contribution in [2.75, 3.05) is 0 Å². The van der Waals surface area contributed by atoms with Gasteiger partial charge in [0.05, 0.1) is 21.3 Å². The lowest BCUT2D eigenvalue weighted by molar-refractivity contribution is -0.384. The Balaban J connectivity index is 2.21. The number of nitro benzene ring substituents is 1. The molecule has 0 aliphatic heterocycles. The molecule has 0 aliphatic carbocycles. The van der Waals surface area contributed by atoms with E-state index in [0.717, 1.165) is 10.7 Å². The smallest absolute Gasteiger partial charge is 0.267 e. The van der Waals surface area contributed by atoms with E-state index in [9.17, 15) is 19.3 Å². The van der Waals surface area contributed by atoms with Crippen molar-refractivity contribution in [2.45, 2.75) is 13.8 Å². The largest absolute Gasteiger partial charge is 0.275 e. The van der Waals surface area contributed by atoms with Gasteiger partial charge in [-0.25, -0.2) is 4.39 Å². The van der Waals surface area contributed by atoms with Gasteiger partial charge in [0.25, 0.3) is 11.2 Å². The van der Waals surface area contributed by atoms with Gasteiger partial charge < -0.3 is 0 Å². The van der Waals surface area contributed by atoms with Gasteiger partial charge in [-0.1, -0.05) is 23.7 Å². The summed E-state index contributed by atoms with van der Waals surface area (Å²) in [6.07, 6.45) is 0. The minimum absolute atomic E-state index is 0.0733. The van der Waals surface area contributed by atoms with Crippen molar-refractivity contribution in [3.63, 3.8) is 0 Å². The first-order chi connectivity index (χ1) is 12.3. The van der Waals surface area contributed by atoms with Gasteiger partial charge in [0, 0.05) is 23.3 Å². The number of nitro groups is 1. The van der Waals surface area contributed by atoms with E-state index in [1.807, 2.05) is 0 Å². The quantitative estimate of drug-likeness (QED) is 0.508. The number of aromatic nitrogens is 2. The molecule has 1 aromatic heterocycles. The van der Waals surface area contributed by atoms with E-state index < -0.39 is 16.3 Å². The number of halogens is 2. The van der Waals surface area contributed by atoms with Crippen molar-refractivity contribution < 1.29 is 9.31 Å². The van der Waals surface area contributed by atoms with E-state index in [1.54, 1.807) is 26.0 Å². The van der Waals surface area contributed by atoms with Crippen LogP contribution in [0.2, 0.25) is 5.02 Å². The van der Waals surface area contributed by atoms with Crippen LogP contribution in [0, 0.1) is 29.8 Å². The summed E-state index contributed by atoms with van der Waals surface area (Å²) in [4.78, 5) is 23.3. The topological polar surface area (TPSA) is 78.0 Å². The zero-order valence-electron chi connectivity index (χ0n) is 13.9. The molecule has 0 radical (unpaired) electrons. The molecule has 0 spiro atoms. The monoisotopic (exact) mass is 373 g/mol. The van der Waals surface area contributed by atoms with Crippen LogP contribution in [0.3, 0.4) is 0 Å². The zero-order valence-corrected chi connectivity index (χ0v) is 14.6. The number of hydrogen-bond donors (Lipinski definition) is 0. The summed E-state index contributed by atoms with van der Waals surface area (Å²) >= 11 is 5.79. The Labute approximate surface area is 152 Å². The van der Waals surface area contributed by atoms with Gasteiger partial charge >= 0.3 is 0 Å². The molecule has 132 valence electrons. The van der Waals surface area contributed by atoms with Gasteiger partial charge in [0.2, 0.25) is 0 Å². The van der Waals surface area contributed by atoms with E-state index in [0.29, 0.717) is 28.1 Å². The highest BCUT2D eigenvalue weighted by Crippen LogP contribution is 2.28. The number of aryl methyl sites for hydroxylation is 1. The van der Waals surface area contributed by atoms with Gasteiger partial charge in [0.1, 0.15) is 5.82 Å². The maximum Gasteiger partial charge on any atom is 0.275 e. The second kappa shape index (κ2) is 6.68. The van der Waals surface area contributed by atoms with E-state index >= 15 is 0 Å². The second-order valence-electron chi connectivity index (χ2n) is 5.71. The van der Waals surface area contributed by atoms with Crippen LogP contribution in [0.15, 0.2) is 47.3 Å². The number of hydrogen-bond acceptors (Lipinski definition) is 4. The van der Waals surface area contributed by atoms with Crippen molar-refractivity contribution in [1.29, 1.82) is 0 Å². The first-order valence-electron chi connectivity index (χ1n) is 7.60. The Morgan fingerprint density at radius 3 is 2.58 bits per heavy atom. The third kappa shape index (κ3) is 3.09. The predicted octanol–water partition coefficient (Wildman–Crippen LogP) is 4.22. The van der Waals surface area contributed by atoms with Gasteiger partial charge in [-0.05, 0) is 37.6 Å². The van der Waals surface area contributed by atoms with Gasteiger partial charge in [-0.3, -0.25) is 14.9 Å². The lowest BCUT2D eigenvalue weighted by atomic mass is 10.00. The number of rotatable bonds is 3. The SMILES string of the molecule is Cc1nn(-c2ccc(F)c(Cl)c2)c(=O)c(C)c1-c1cccc([N+](=O)[O-])c1. The summed E-state index contributed by atoms with van der Waals surface area (Å²) in [5, 5.41) is 15.2. The molecular weight excluding hydrogens is 361 g/mol. The summed E-state index contributed by atoms with van der Waals surface area (Å²) in [7, 11) is 0. The summed E-state index contributed by atoms with van der Waals surface area (Å²) < 4.78 is 14.5. The van der Waals surface area contributed by atoms with E-state index in [1.165, 1.54) is 24.3 Å². The molecule has 0 N–H and O–H groups in total. The lowest BCUT2D eigenvalue weighted by Gasteiger charge is -2.13. The highest BCUT2D eigenvalue weighted by molar-refractivity contribution is 6.30. The van der Waals surface area contributed by atoms with Crippen LogP contribution in [0.1, 0.15) is 11.3 Å². The lowest BCUT2D eigenvalue weighted by Crippen LogP contribution is -2.25. The Morgan fingerprint density at radius 2 is 1.92 bits per heavy atom. The van der Waals surface area contributed by atoms with E-state index in [-0.39, 0.29) is 10.7 Å². The average Bonchev–Trinajstić information content (AvgIpc) is 2.61. The molecule has 0 amide bonds. The molecule has 8 heteroatoms. The van der Waals surface area contributed by atoms with Crippen LogP contribution in [0.25, 0.3) is 16.8 Å². The molecule has 26 heavy (non-hydrogen) atoms. The van der Waals surface area contributed by atoms with Crippen LogP contribution in [0.4, 0.5) is 10.1 Å². The first kappa shape index (κ1) is 17.8. The Bertz CT molecular complexity index is 1100. The molecule has 0 unspecified atom stereocenters. The molecular formula is C18H13ClFN3O3. The van der Waals surface area contributed by atoms with Crippen molar-refractivity contribution in [1.82, 2.24) is 9.78 Å². The fourth-order valence-corrected chi connectivity index (χ4v) is 2.95. The van der Waals surface area contributed by atoms with Crippen molar-refractivity contribution in [3.8, 4) is 16.8 Å². The van der Waals surface area contributed by atoms with E-state index in [2.05, 4.69) is 5.10 Å². The maximum atomic E-state index is 13.4. The van der Waals surface area contributed by atoms with Gasteiger partial charge in [-0.15, -0.1) is 0 Å². The maximum absolute atomic E-state index is 13.4. The third-order valence-electron chi connectivity index (χ3n) is 3.99. The van der Waals surface area contributed by atoms with Crippen LogP contribution in [-0.4, -0.2) is 14.7 Å². The Hall–Kier alpha value is -3.06. The summed E-state index contributed by atoms with van der Waals surface area (Å²) in [6, 6.07) is 9.89. The summed E-state index contributed by atoms with van der Waals surface area (Å²) in [5.41, 5.74) is 1.78. The average molecular weight is 374 g/mol. The summed E-state index contributed by atoms with van der Waals surface area (Å²) in [6.45, 7) is 3.31. The Morgan fingerprint density at radius 1 is 1.19 bits per heavy atom. The summed E-state index contributed by atoms with van der Waals surface area (Å²) in [5.74, 6) is -0.592. The molecule has 0 atom stereocenters. The van der Waals surface area contributed by atoms with Crippen LogP contribution in [-0.2, 0) is 0 Å². The third-order valence-corrected chi connectivity index (χ3v) is 4.28. The minimum atomic E-state index is -0.592. The van der Waals surface area contributed by atoms with E-state index in [4.69, 9.17) is 11.6 Å². The first-order valence-corrected chi connectivity index (χ1v) is 7.98. The molecule has 0 bridgehead atoms. The number of nitrogens with zero attached hydrogens (tertiary/aromatic N) is 3. The highest BCUT2D eigenvalue weighted by Gasteiger charge is 2.17. The zero-order chi connectivity index (χ0) is 19.0. The van der Waals surface area contributed by atoms with Crippen LogP contribution in [0.5, 0.6) is 0 Å². The number of non-ortho nitro benzene ring substituents is 1. The van der Waals surface area contributed by atoms with Crippen molar-refractivity contribution >= 4 is 17.3 Å². The number of benzene rings is 2. The molecule has 2 aromatic carbocycles. The van der Waals surface area contributed by atoms with Crippen molar-refractivity contribution in [2.24, 2.45) is 0 Å². The predicted molar refractivity (Wildman–Crippen MR) is 96.4 cm³/mol. The standard InChI is InChI=1S/C18H13ClFN3O3/c1-10-17(12-4-3-5-14(8-12)23(25)26)11(2)21-22(18(10)24)13-6-7-16(20)15(19)9-13/h3-9H,1-2H3. The fraction of sp³-hybridized carbons (Fsp3) is 0.111. The van der Waals surface area contributed by atoms with Crippen LogP contribution >= 0.6 is 11.6 Å². The molecule has 3 aromatic rings. The highest BCUT2D eigenvalue weighted by atomic mass is 35.5. The molecule has 1 heterocycles. The molecule has 0 saturated carbocycles. The molecule has 0 aliphatic rings. The molecule has 0 fully saturated rings. The van der Waals surface area contributed by atoms with Crippen molar-refractivity contribution in [3.05, 3.63) is 85.0 Å². The Kier molecular flexibility index (Phi) is 4.56. The fourth-order valence-electron chi connectivity index (χ4n) is 2.77. The normalized spacial score (nSPS) is 10.8. The second-order valence-corrected chi connectivity index (χ2v) is 6.12. The molecule has 3 rings (SSSR count). The van der Waals surface area contributed by atoms with Gasteiger partial charge in [-0.2, -0.15) is 9.78 Å². The van der Waals surface area contributed by atoms with Gasteiger partial charge in [0.15, 0.2) is 0 Å². The minimum Gasteiger partial charge on any atom is -0.267 e. The van der Waals surface area contributed by atoms with Crippen LogP contribution < -0.4 is 5.56 Å². The molecule has 6 nitrogen and oxygen atoms in total. The molecule has 0 saturated heterocycles.